The molecule has 0 heterocycles. The van der Waals surface area contributed by atoms with E-state index in [2.05, 4.69) is 0 Å². The predicted molar refractivity (Wildman–Crippen MR) is 95.4 cm³/mol. The summed E-state index contributed by atoms with van der Waals surface area (Å²) in [5.74, 6) is -1.64. The summed E-state index contributed by atoms with van der Waals surface area (Å²) in [7, 11) is 0. The lowest BCUT2D eigenvalue weighted by Gasteiger charge is -2.12. The quantitative estimate of drug-likeness (QED) is 0.309. The number of hydrogen-bond acceptors (Lipinski definition) is 8. The Morgan fingerprint density at radius 3 is 2.26 bits per heavy atom. The fraction of sp³-hybridized carbons (Fsp3) is 0.263. The number of carbonyl (C=O) groups is 2. The molecule has 0 amide bonds. The highest BCUT2D eigenvalue weighted by Crippen LogP contribution is 2.25. The van der Waals surface area contributed by atoms with E-state index < -0.39 is 18.0 Å². The van der Waals surface area contributed by atoms with Crippen molar-refractivity contribution in [2.45, 2.75) is 18.9 Å². The van der Waals surface area contributed by atoms with Crippen molar-refractivity contribution in [1.29, 1.82) is 0 Å². The van der Waals surface area contributed by atoms with Crippen LogP contribution in [0.5, 0.6) is 17.2 Å². The summed E-state index contributed by atoms with van der Waals surface area (Å²) in [4.78, 5) is 23.6. The molecule has 5 N–H and O–H groups in total. The van der Waals surface area contributed by atoms with Crippen molar-refractivity contribution in [2.75, 3.05) is 13.2 Å². The van der Waals surface area contributed by atoms with Gasteiger partial charge in [-0.3, -0.25) is 4.79 Å². The highest BCUT2D eigenvalue weighted by Gasteiger charge is 2.16. The zero-order valence-electron chi connectivity index (χ0n) is 14.5. The average Bonchev–Trinajstić information content (AvgIpc) is 2.64. The monoisotopic (exact) mass is 375 g/mol. The number of nitrogens with two attached hydrogens (primary N) is 1. The van der Waals surface area contributed by atoms with Gasteiger partial charge in [0, 0.05) is 6.42 Å². The third-order valence-corrected chi connectivity index (χ3v) is 3.67. The summed E-state index contributed by atoms with van der Waals surface area (Å²) in [6.45, 7) is 0.101. The smallest absolute Gasteiger partial charge is 0.338 e. The van der Waals surface area contributed by atoms with E-state index >= 15 is 0 Å². The number of benzene rings is 2. The van der Waals surface area contributed by atoms with E-state index in [4.69, 9.17) is 20.3 Å². The molecule has 0 spiro atoms. The Hall–Kier alpha value is -3.26. The summed E-state index contributed by atoms with van der Waals surface area (Å²) in [6.07, 6.45) is 0.449. The van der Waals surface area contributed by atoms with Gasteiger partial charge >= 0.3 is 11.9 Å². The fourth-order valence-electron chi connectivity index (χ4n) is 2.22. The second-order valence-electron chi connectivity index (χ2n) is 5.84. The zero-order valence-corrected chi connectivity index (χ0v) is 14.5. The maximum absolute atomic E-state index is 11.9. The van der Waals surface area contributed by atoms with Crippen LogP contribution in [-0.2, 0) is 20.7 Å². The van der Waals surface area contributed by atoms with Gasteiger partial charge in [0.05, 0.1) is 18.8 Å². The molecule has 8 nitrogen and oxygen atoms in total. The molecular weight excluding hydrogens is 354 g/mol. The minimum absolute atomic E-state index is 0.0379. The summed E-state index contributed by atoms with van der Waals surface area (Å²) in [5.41, 5.74) is 6.65. The molecule has 2 rings (SSSR count). The molecule has 8 heteroatoms. The molecule has 0 bridgehead atoms. The van der Waals surface area contributed by atoms with Crippen molar-refractivity contribution < 1.29 is 34.4 Å². The van der Waals surface area contributed by atoms with E-state index in [1.165, 1.54) is 36.4 Å². The van der Waals surface area contributed by atoms with E-state index in [0.29, 0.717) is 17.5 Å². The number of rotatable bonds is 8. The number of ether oxygens (including phenoxy) is 2. The number of phenols is 3. The van der Waals surface area contributed by atoms with Crippen LogP contribution in [0.4, 0.5) is 0 Å². The van der Waals surface area contributed by atoms with Crippen LogP contribution in [-0.4, -0.2) is 46.5 Å². The van der Waals surface area contributed by atoms with Crippen molar-refractivity contribution in [3.8, 4) is 17.2 Å². The molecule has 0 radical (unpaired) electrons. The number of hydrogen-bond donors (Lipinski definition) is 4. The molecule has 0 aliphatic rings. The first-order valence-electron chi connectivity index (χ1n) is 8.26. The van der Waals surface area contributed by atoms with Gasteiger partial charge in [-0.1, -0.05) is 6.07 Å². The Bertz CT molecular complexity index is 789. The molecule has 144 valence electrons. The highest BCUT2D eigenvalue weighted by molar-refractivity contribution is 5.89. The third-order valence-electron chi connectivity index (χ3n) is 3.67. The molecule has 0 saturated heterocycles. The Kier molecular flexibility index (Phi) is 7.01. The molecule has 2 aromatic carbocycles. The summed E-state index contributed by atoms with van der Waals surface area (Å²) >= 11 is 0. The van der Waals surface area contributed by atoms with Crippen molar-refractivity contribution in [3.63, 3.8) is 0 Å². The topological polar surface area (TPSA) is 139 Å². The molecule has 0 saturated carbocycles. The predicted octanol–water partition coefficient (Wildman–Crippen LogP) is 1.46. The highest BCUT2D eigenvalue weighted by atomic mass is 16.5. The largest absolute Gasteiger partial charge is 0.508 e. The first-order valence-corrected chi connectivity index (χ1v) is 8.26. The van der Waals surface area contributed by atoms with Gasteiger partial charge in [0.1, 0.15) is 11.8 Å². The second-order valence-corrected chi connectivity index (χ2v) is 5.84. The van der Waals surface area contributed by atoms with E-state index in [0.717, 1.165) is 0 Å². The molecule has 0 aliphatic carbocycles. The molecule has 27 heavy (non-hydrogen) atoms. The molecule has 0 fully saturated rings. The second kappa shape index (κ2) is 9.44. The molecule has 0 aromatic heterocycles. The SMILES string of the molecule is N[C@@H](Cc1ccc(O)c(O)c1)C(=O)OCCCOC(=O)c1ccc(O)cc1. The Morgan fingerprint density at radius 2 is 1.59 bits per heavy atom. The first kappa shape index (κ1) is 20.1. The molecule has 0 unspecified atom stereocenters. The van der Waals surface area contributed by atoms with Crippen LogP contribution in [0.3, 0.4) is 0 Å². The Morgan fingerprint density at radius 1 is 0.926 bits per heavy atom. The van der Waals surface area contributed by atoms with Gasteiger partial charge in [-0.2, -0.15) is 0 Å². The maximum atomic E-state index is 11.9. The van der Waals surface area contributed by atoms with Crippen LogP contribution in [0.2, 0.25) is 0 Å². The molecular formula is C19H21NO7. The van der Waals surface area contributed by atoms with Gasteiger partial charge in [0.25, 0.3) is 0 Å². The minimum Gasteiger partial charge on any atom is -0.508 e. The van der Waals surface area contributed by atoms with Crippen LogP contribution < -0.4 is 5.73 Å². The lowest BCUT2D eigenvalue weighted by atomic mass is 10.1. The van der Waals surface area contributed by atoms with Gasteiger partial charge < -0.3 is 30.5 Å². The number of esters is 2. The summed E-state index contributed by atoms with van der Waals surface area (Å²) in [6, 6.07) is 8.91. The number of phenolic OH excluding ortho intramolecular Hbond substituents is 3. The van der Waals surface area contributed by atoms with Crippen LogP contribution in [0.1, 0.15) is 22.3 Å². The molecule has 1 atom stereocenters. The normalized spacial score (nSPS) is 11.6. The summed E-state index contributed by atoms with van der Waals surface area (Å²) in [5, 5.41) is 27.9. The third kappa shape index (κ3) is 6.19. The zero-order chi connectivity index (χ0) is 19.8. The standard InChI is InChI=1S/C19H21NO7/c20-15(10-12-2-7-16(22)17(23)11-12)19(25)27-9-1-8-26-18(24)13-3-5-14(21)6-4-13/h2-7,11,15,21-23H,1,8-10,20H2/t15-/m0/s1. The van der Waals surface area contributed by atoms with Gasteiger partial charge in [-0.25, -0.2) is 4.79 Å². The maximum Gasteiger partial charge on any atom is 0.338 e. The lowest BCUT2D eigenvalue weighted by Crippen LogP contribution is -2.34. The Balaban J connectivity index is 1.67. The summed E-state index contributed by atoms with van der Waals surface area (Å²) < 4.78 is 10.1. The Labute approximate surface area is 155 Å². The van der Waals surface area contributed by atoms with Gasteiger partial charge in [0.2, 0.25) is 0 Å². The van der Waals surface area contributed by atoms with Crippen molar-refractivity contribution in [2.24, 2.45) is 5.73 Å². The van der Waals surface area contributed by atoms with Crippen LogP contribution in [0, 0.1) is 0 Å². The van der Waals surface area contributed by atoms with E-state index in [9.17, 15) is 19.8 Å². The first-order chi connectivity index (χ1) is 12.9. The lowest BCUT2D eigenvalue weighted by molar-refractivity contribution is -0.145. The van der Waals surface area contributed by atoms with Crippen molar-refractivity contribution in [1.82, 2.24) is 0 Å². The minimum atomic E-state index is -0.923. The van der Waals surface area contributed by atoms with E-state index in [1.807, 2.05) is 0 Å². The van der Waals surface area contributed by atoms with Crippen molar-refractivity contribution >= 4 is 11.9 Å². The van der Waals surface area contributed by atoms with Gasteiger partial charge in [0.15, 0.2) is 11.5 Å². The van der Waals surface area contributed by atoms with Crippen molar-refractivity contribution in [3.05, 3.63) is 53.6 Å². The van der Waals surface area contributed by atoms with Crippen LogP contribution in [0.15, 0.2) is 42.5 Å². The fourth-order valence-corrected chi connectivity index (χ4v) is 2.22. The number of carbonyl (C=O) groups excluding carboxylic acids is 2. The van der Waals surface area contributed by atoms with E-state index in [-0.39, 0.29) is 36.9 Å². The van der Waals surface area contributed by atoms with Gasteiger partial charge in [-0.05, 0) is 48.4 Å². The van der Waals surface area contributed by atoms with E-state index in [1.54, 1.807) is 6.07 Å². The average molecular weight is 375 g/mol. The molecule has 0 aliphatic heterocycles. The van der Waals surface area contributed by atoms with Gasteiger partial charge in [-0.15, -0.1) is 0 Å². The van der Waals surface area contributed by atoms with Crippen LogP contribution >= 0.6 is 0 Å². The van der Waals surface area contributed by atoms with Crippen LogP contribution in [0.25, 0.3) is 0 Å². The molecule has 2 aromatic rings. The number of aromatic hydroxyl groups is 3.